The van der Waals surface area contributed by atoms with Crippen LogP contribution in [0, 0.1) is 11.3 Å². The van der Waals surface area contributed by atoms with E-state index in [-0.39, 0.29) is 5.91 Å². The maximum Gasteiger partial charge on any atom is 0.258 e. The number of carbonyl (C=O) groups excluding carboxylic acids is 1. The predicted molar refractivity (Wildman–Crippen MR) is 75.8 cm³/mol. The third-order valence-electron chi connectivity index (χ3n) is 2.64. The van der Waals surface area contributed by atoms with E-state index in [0.717, 1.165) is 0 Å². The van der Waals surface area contributed by atoms with Gasteiger partial charge in [-0.2, -0.15) is 5.26 Å². The van der Waals surface area contributed by atoms with E-state index in [1.807, 2.05) is 0 Å². The summed E-state index contributed by atoms with van der Waals surface area (Å²) in [6.45, 7) is 0. The van der Waals surface area contributed by atoms with Crippen LogP contribution in [0.15, 0.2) is 47.2 Å². The summed E-state index contributed by atoms with van der Waals surface area (Å²) < 4.78 is 0.609. The zero-order valence-corrected chi connectivity index (χ0v) is 11.8. The summed E-state index contributed by atoms with van der Waals surface area (Å²) in [5, 5.41) is 8.87. The lowest BCUT2D eigenvalue weighted by Crippen LogP contribution is -2.26. The number of pyridine rings is 1. The summed E-state index contributed by atoms with van der Waals surface area (Å²) in [5.41, 5.74) is 1.73. The van der Waals surface area contributed by atoms with Crippen LogP contribution in [-0.2, 0) is 0 Å². The molecule has 1 aromatic heterocycles. The second kappa shape index (κ2) is 5.63. The maximum absolute atomic E-state index is 12.3. The van der Waals surface area contributed by atoms with Crippen molar-refractivity contribution in [2.24, 2.45) is 0 Å². The molecule has 1 amide bonds. The summed E-state index contributed by atoms with van der Waals surface area (Å²) in [6.07, 6.45) is 1.57. The molecule has 4 nitrogen and oxygen atoms in total. The largest absolute Gasteiger partial charge is 0.311 e. The smallest absolute Gasteiger partial charge is 0.258 e. The van der Waals surface area contributed by atoms with Crippen molar-refractivity contribution in [3.63, 3.8) is 0 Å². The average Bonchev–Trinajstić information content (AvgIpc) is 2.45. The van der Waals surface area contributed by atoms with Gasteiger partial charge in [0.25, 0.3) is 5.91 Å². The SMILES string of the molecule is CN(C(=O)c1ccnc(Br)c1)c1cccc(C#N)c1. The second-order valence-corrected chi connectivity index (χ2v) is 4.71. The van der Waals surface area contributed by atoms with Crippen LogP contribution in [0.25, 0.3) is 0 Å². The van der Waals surface area contributed by atoms with Crippen molar-refractivity contribution in [3.8, 4) is 6.07 Å². The van der Waals surface area contributed by atoms with Crippen molar-refractivity contribution in [1.82, 2.24) is 4.98 Å². The van der Waals surface area contributed by atoms with Gasteiger partial charge in [0.15, 0.2) is 0 Å². The molecule has 0 saturated heterocycles. The molecule has 0 saturated carbocycles. The van der Waals surface area contributed by atoms with E-state index >= 15 is 0 Å². The number of nitriles is 1. The van der Waals surface area contributed by atoms with E-state index < -0.39 is 0 Å². The molecular formula is C14H10BrN3O. The molecule has 94 valence electrons. The van der Waals surface area contributed by atoms with Crippen LogP contribution in [0.3, 0.4) is 0 Å². The molecule has 0 N–H and O–H groups in total. The summed E-state index contributed by atoms with van der Waals surface area (Å²) in [4.78, 5) is 17.8. The van der Waals surface area contributed by atoms with Gasteiger partial charge in [0, 0.05) is 24.5 Å². The zero-order valence-electron chi connectivity index (χ0n) is 10.2. The third-order valence-corrected chi connectivity index (χ3v) is 3.07. The monoisotopic (exact) mass is 315 g/mol. The Labute approximate surface area is 119 Å². The molecule has 0 radical (unpaired) electrons. The van der Waals surface area contributed by atoms with Crippen LogP contribution < -0.4 is 4.90 Å². The van der Waals surface area contributed by atoms with Gasteiger partial charge < -0.3 is 4.90 Å². The van der Waals surface area contributed by atoms with E-state index in [0.29, 0.717) is 21.4 Å². The van der Waals surface area contributed by atoms with Crippen molar-refractivity contribution < 1.29 is 4.79 Å². The van der Waals surface area contributed by atoms with Gasteiger partial charge in [0.2, 0.25) is 0 Å². The standard InChI is InChI=1S/C14H10BrN3O/c1-18(12-4-2-3-10(7-12)9-16)14(19)11-5-6-17-13(15)8-11/h2-8H,1H3. The lowest BCUT2D eigenvalue weighted by Gasteiger charge is -2.17. The van der Waals surface area contributed by atoms with Crippen molar-refractivity contribution in [1.29, 1.82) is 5.26 Å². The van der Waals surface area contributed by atoms with Gasteiger partial charge in [0.05, 0.1) is 11.6 Å². The molecule has 1 heterocycles. The second-order valence-electron chi connectivity index (χ2n) is 3.89. The van der Waals surface area contributed by atoms with Gasteiger partial charge in [-0.1, -0.05) is 6.07 Å². The molecule has 0 unspecified atom stereocenters. The van der Waals surface area contributed by atoms with Crippen molar-refractivity contribution in [3.05, 3.63) is 58.3 Å². The number of nitrogens with zero attached hydrogens (tertiary/aromatic N) is 3. The fraction of sp³-hybridized carbons (Fsp3) is 0.0714. The maximum atomic E-state index is 12.3. The Bertz CT molecular complexity index is 664. The van der Waals surface area contributed by atoms with Crippen LogP contribution in [-0.4, -0.2) is 17.9 Å². The lowest BCUT2D eigenvalue weighted by molar-refractivity contribution is 0.0993. The topological polar surface area (TPSA) is 57.0 Å². The number of benzene rings is 1. The molecule has 0 aliphatic rings. The molecule has 5 heteroatoms. The highest BCUT2D eigenvalue weighted by Gasteiger charge is 2.14. The molecule has 1 aromatic carbocycles. The van der Waals surface area contributed by atoms with Gasteiger partial charge >= 0.3 is 0 Å². The first kappa shape index (κ1) is 13.2. The highest BCUT2D eigenvalue weighted by Crippen LogP contribution is 2.18. The van der Waals surface area contributed by atoms with Crippen LogP contribution in [0.4, 0.5) is 5.69 Å². The first-order chi connectivity index (χ1) is 9.11. The van der Waals surface area contributed by atoms with E-state index in [2.05, 4.69) is 27.0 Å². The molecular weight excluding hydrogens is 306 g/mol. The summed E-state index contributed by atoms with van der Waals surface area (Å²) >= 11 is 3.23. The number of aromatic nitrogens is 1. The zero-order chi connectivity index (χ0) is 13.8. The minimum atomic E-state index is -0.154. The van der Waals surface area contributed by atoms with E-state index in [1.54, 1.807) is 49.6 Å². The van der Waals surface area contributed by atoms with Crippen LogP contribution >= 0.6 is 15.9 Å². The quantitative estimate of drug-likeness (QED) is 0.800. The molecule has 0 spiro atoms. The Morgan fingerprint density at radius 1 is 1.37 bits per heavy atom. The van der Waals surface area contributed by atoms with Crippen molar-refractivity contribution >= 4 is 27.5 Å². The number of rotatable bonds is 2. The number of hydrogen-bond donors (Lipinski definition) is 0. The number of carbonyl (C=O) groups is 1. The van der Waals surface area contributed by atoms with E-state index in [1.165, 1.54) is 4.90 Å². The fourth-order valence-corrected chi connectivity index (χ4v) is 2.00. The van der Waals surface area contributed by atoms with Gasteiger partial charge in [-0.3, -0.25) is 4.79 Å². The molecule has 0 fully saturated rings. The average molecular weight is 316 g/mol. The summed E-state index contributed by atoms with van der Waals surface area (Å²) in [6, 6.07) is 12.3. The lowest BCUT2D eigenvalue weighted by atomic mass is 10.2. The van der Waals surface area contributed by atoms with Gasteiger partial charge in [-0.05, 0) is 46.3 Å². The highest BCUT2D eigenvalue weighted by atomic mass is 79.9. The molecule has 0 bridgehead atoms. The Morgan fingerprint density at radius 3 is 2.84 bits per heavy atom. The minimum absolute atomic E-state index is 0.154. The third kappa shape index (κ3) is 2.98. The van der Waals surface area contributed by atoms with Crippen LogP contribution in [0.2, 0.25) is 0 Å². The van der Waals surface area contributed by atoms with Crippen LogP contribution in [0.5, 0.6) is 0 Å². The summed E-state index contributed by atoms with van der Waals surface area (Å²) in [7, 11) is 1.67. The van der Waals surface area contributed by atoms with Crippen molar-refractivity contribution in [2.45, 2.75) is 0 Å². The number of hydrogen-bond acceptors (Lipinski definition) is 3. The Hall–Kier alpha value is -2.19. The molecule has 0 aliphatic heterocycles. The van der Waals surface area contributed by atoms with Crippen molar-refractivity contribution in [2.75, 3.05) is 11.9 Å². The van der Waals surface area contributed by atoms with Gasteiger partial charge in [0.1, 0.15) is 4.60 Å². The Morgan fingerprint density at radius 2 is 2.16 bits per heavy atom. The fourth-order valence-electron chi connectivity index (χ4n) is 1.63. The summed E-state index contributed by atoms with van der Waals surface area (Å²) in [5.74, 6) is -0.154. The normalized spacial score (nSPS) is 9.74. The molecule has 19 heavy (non-hydrogen) atoms. The first-order valence-electron chi connectivity index (χ1n) is 5.51. The number of halogens is 1. The number of anilines is 1. The van der Waals surface area contributed by atoms with Gasteiger partial charge in [-0.25, -0.2) is 4.98 Å². The molecule has 2 rings (SSSR count). The molecule has 0 atom stereocenters. The number of amides is 1. The Balaban J connectivity index is 2.31. The van der Waals surface area contributed by atoms with E-state index in [4.69, 9.17) is 5.26 Å². The van der Waals surface area contributed by atoms with Gasteiger partial charge in [-0.15, -0.1) is 0 Å². The molecule has 0 aliphatic carbocycles. The Kier molecular flexibility index (Phi) is 3.93. The highest BCUT2D eigenvalue weighted by molar-refractivity contribution is 9.10. The molecule has 2 aromatic rings. The first-order valence-corrected chi connectivity index (χ1v) is 6.31. The predicted octanol–water partition coefficient (Wildman–Crippen LogP) is 2.99. The minimum Gasteiger partial charge on any atom is -0.311 e. The van der Waals surface area contributed by atoms with Crippen LogP contribution in [0.1, 0.15) is 15.9 Å². The van der Waals surface area contributed by atoms with E-state index in [9.17, 15) is 4.79 Å².